The maximum absolute atomic E-state index is 11.8. The number of benzene rings is 1. The van der Waals surface area contributed by atoms with Crippen molar-refractivity contribution in [1.29, 1.82) is 0 Å². The lowest BCUT2D eigenvalue weighted by Crippen LogP contribution is -2.44. The summed E-state index contributed by atoms with van der Waals surface area (Å²) in [5.41, 5.74) is 0.933. The minimum absolute atomic E-state index is 0.230. The fourth-order valence-electron chi connectivity index (χ4n) is 1.86. The molecule has 0 saturated carbocycles. The molecule has 1 saturated heterocycles. The SMILES string of the molecule is CN(C(=O)OCc1ccccc1)[C@@H]1COC[C@H]1O. The molecule has 1 aliphatic rings. The summed E-state index contributed by atoms with van der Waals surface area (Å²) in [6.45, 7) is 0.840. The first-order chi connectivity index (χ1) is 8.68. The van der Waals surface area contributed by atoms with E-state index >= 15 is 0 Å². The van der Waals surface area contributed by atoms with E-state index < -0.39 is 12.2 Å². The second-order valence-corrected chi connectivity index (χ2v) is 4.32. The zero-order valence-corrected chi connectivity index (χ0v) is 10.3. The summed E-state index contributed by atoms with van der Waals surface area (Å²) in [6, 6.07) is 9.14. The van der Waals surface area contributed by atoms with E-state index in [1.54, 1.807) is 7.05 Å². The van der Waals surface area contributed by atoms with Gasteiger partial charge in [0.05, 0.1) is 19.3 Å². The van der Waals surface area contributed by atoms with Crippen LogP contribution in [0.25, 0.3) is 0 Å². The van der Waals surface area contributed by atoms with E-state index in [0.717, 1.165) is 5.56 Å². The van der Waals surface area contributed by atoms with Crippen molar-refractivity contribution in [2.45, 2.75) is 18.8 Å². The number of rotatable bonds is 3. The van der Waals surface area contributed by atoms with Gasteiger partial charge in [-0.25, -0.2) is 4.79 Å². The number of aliphatic hydroxyl groups excluding tert-OH is 1. The summed E-state index contributed by atoms with van der Waals surface area (Å²) in [5.74, 6) is 0. The molecule has 18 heavy (non-hydrogen) atoms. The van der Waals surface area contributed by atoms with Crippen LogP contribution in [0.3, 0.4) is 0 Å². The molecule has 0 aliphatic carbocycles. The highest BCUT2D eigenvalue weighted by Gasteiger charge is 2.32. The van der Waals surface area contributed by atoms with Crippen LogP contribution in [-0.2, 0) is 16.1 Å². The molecule has 1 amide bonds. The van der Waals surface area contributed by atoms with Gasteiger partial charge in [0.1, 0.15) is 12.7 Å². The van der Waals surface area contributed by atoms with Gasteiger partial charge in [-0.15, -0.1) is 0 Å². The van der Waals surface area contributed by atoms with Crippen molar-refractivity contribution in [3.63, 3.8) is 0 Å². The highest BCUT2D eigenvalue weighted by atomic mass is 16.6. The van der Waals surface area contributed by atoms with Gasteiger partial charge >= 0.3 is 6.09 Å². The fourth-order valence-corrected chi connectivity index (χ4v) is 1.86. The Balaban J connectivity index is 1.84. The number of hydrogen-bond acceptors (Lipinski definition) is 4. The lowest BCUT2D eigenvalue weighted by molar-refractivity contribution is 0.0618. The maximum atomic E-state index is 11.8. The monoisotopic (exact) mass is 251 g/mol. The van der Waals surface area contributed by atoms with Gasteiger partial charge in [0, 0.05) is 7.05 Å². The zero-order chi connectivity index (χ0) is 13.0. The number of likely N-dealkylation sites (N-methyl/N-ethyl adjacent to an activating group) is 1. The van der Waals surface area contributed by atoms with E-state index in [2.05, 4.69) is 0 Å². The number of amides is 1. The molecule has 1 aliphatic heterocycles. The molecular weight excluding hydrogens is 234 g/mol. The Hall–Kier alpha value is -1.59. The molecule has 1 aromatic rings. The average Bonchev–Trinajstić information content (AvgIpc) is 2.82. The van der Waals surface area contributed by atoms with Crippen LogP contribution in [0.4, 0.5) is 4.79 Å². The van der Waals surface area contributed by atoms with Crippen LogP contribution in [0, 0.1) is 0 Å². The topological polar surface area (TPSA) is 59.0 Å². The molecule has 5 nitrogen and oxygen atoms in total. The second-order valence-electron chi connectivity index (χ2n) is 4.32. The van der Waals surface area contributed by atoms with Gasteiger partial charge in [-0.3, -0.25) is 0 Å². The van der Waals surface area contributed by atoms with Crippen LogP contribution in [-0.4, -0.2) is 48.5 Å². The molecule has 0 radical (unpaired) electrons. The van der Waals surface area contributed by atoms with Gasteiger partial charge in [0.15, 0.2) is 0 Å². The Morgan fingerprint density at radius 3 is 2.78 bits per heavy atom. The normalized spacial score (nSPS) is 22.8. The number of hydrogen-bond donors (Lipinski definition) is 1. The van der Waals surface area contributed by atoms with Crippen LogP contribution in [0.2, 0.25) is 0 Å². The van der Waals surface area contributed by atoms with Gasteiger partial charge in [-0.1, -0.05) is 30.3 Å². The number of aliphatic hydroxyl groups is 1. The number of nitrogens with zero attached hydrogens (tertiary/aromatic N) is 1. The van der Waals surface area contributed by atoms with E-state index in [-0.39, 0.29) is 19.3 Å². The van der Waals surface area contributed by atoms with Gasteiger partial charge in [-0.2, -0.15) is 0 Å². The van der Waals surface area contributed by atoms with Crippen LogP contribution >= 0.6 is 0 Å². The van der Waals surface area contributed by atoms with Crippen molar-refractivity contribution in [1.82, 2.24) is 4.90 Å². The predicted molar refractivity (Wildman–Crippen MR) is 65.0 cm³/mol. The Bertz CT molecular complexity index is 395. The first-order valence-corrected chi connectivity index (χ1v) is 5.88. The van der Waals surface area contributed by atoms with Gasteiger partial charge in [-0.05, 0) is 5.56 Å². The van der Waals surface area contributed by atoms with Gasteiger partial charge in [0.2, 0.25) is 0 Å². The largest absolute Gasteiger partial charge is 0.445 e. The molecule has 2 rings (SSSR count). The maximum Gasteiger partial charge on any atom is 0.410 e. The third kappa shape index (κ3) is 3.00. The quantitative estimate of drug-likeness (QED) is 0.871. The van der Waals surface area contributed by atoms with E-state index in [9.17, 15) is 9.90 Å². The van der Waals surface area contributed by atoms with Crippen molar-refractivity contribution in [2.24, 2.45) is 0 Å². The summed E-state index contributed by atoms with van der Waals surface area (Å²) in [5, 5.41) is 9.62. The van der Waals surface area contributed by atoms with Crippen LogP contribution < -0.4 is 0 Å². The van der Waals surface area contributed by atoms with Crippen molar-refractivity contribution >= 4 is 6.09 Å². The van der Waals surface area contributed by atoms with E-state index in [1.807, 2.05) is 30.3 Å². The Morgan fingerprint density at radius 2 is 2.17 bits per heavy atom. The summed E-state index contributed by atoms with van der Waals surface area (Å²) >= 11 is 0. The summed E-state index contributed by atoms with van der Waals surface area (Å²) in [7, 11) is 1.61. The lowest BCUT2D eigenvalue weighted by Gasteiger charge is -2.24. The minimum Gasteiger partial charge on any atom is -0.445 e. The highest BCUT2D eigenvalue weighted by molar-refractivity contribution is 5.67. The number of carbonyl (C=O) groups is 1. The second kappa shape index (κ2) is 5.84. The standard InChI is InChI=1S/C13H17NO4/c1-14(11-8-17-9-12(11)15)13(16)18-7-10-5-3-2-4-6-10/h2-6,11-12,15H,7-9H2,1H3/t11-,12-/m1/s1. The third-order valence-corrected chi connectivity index (χ3v) is 3.01. The van der Waals surface area contributed by atoms with Gasteiger partial charge in [0.25, 0.3) is 0 Å². The van der Waals surface area contributed by atoms with Crippen molar-refractivity contribution in [2.75, 3.05) is 20.3 Å². The van der Waals surface area contributed by atoms with Crippen LogP contribution in [0.5, 0.6) is 0 Å². The first kappa shape index (κ1) is 12.9. The average molecular weight is 251 g/mol. The molecular formula is C13H17NO4. The first-order valence-electron chi connectivity index (χ1n) is 5.88. The van der Waals surface area contributed by atoms with Gasteiger partial charge < -0.3 is 19.5 Å². The Labute approximate surface area is 106 Å². The molecule has 1 fully saturated rings. The number of ether oxygens (including phenoxy) is 2. The molecule has 5 heteroatoms. The van der Waals surface area contributed by atoms with Crippen molar-refractivity contribution < 1.29 is 19.4 Å². The Kier molecular flexibility index (Phi) is 4.17. The molecule has 98 valence electrons. The smallest absolute Gasteiger partial charge is 0.410 e. The van der Waals surface area contributed by atoms with E-state index in [4.69, 9.17) is 9.47 Å². The van der Waals surface area contributed by atoms with E-state index in [0.29, 0.717) is 6.61 Å². The highest BCUT2D eigenvalue weighted by Crippen LogP contribution is 2.13. The Morgan fingerprint density at radius 1 is 1.44 bits per heavy atom. The molecule has 0 spiro atoms. The molecule has 0 unspecified atom stereocenters. The lowest BCUT2D eigenvalue weighted by atomic mass is 10.2. The molecule has 1 heterocycles. The summed E-state index contributed by atoms with van der Waals surface area (Å²) in [4.78, 5) is 13.2. The predicted octanol–water partition coefficient (Wildman–Crippen LogP) is 1.01. The van der Waals surface area contributed by atoms with Crippen molar-refractivity contribution in [3.8, 4) is 0 Å². The number of carbonyl (C=O) groups excluding carboxylic acids is 1. The fraction of sp³-hybridized carbons (Fsp3) is 0.462. The molecule has 1 N–H and O–H groups in total. The molecule has 2 atom stereocenters. The summed E-state index contributed by atoms with van der Waals surface area (Å²) < 4.78 is 10.3. The molecule has 0 bridgehead atoms. The molecule has 1 aromatic carbocycles. The third-order valence-electron chi connectivity index (χ3n) is 3.01. The van der Waals surface area contributed by atoms with Crippen LogP contribution in [0.15, 0.2) is 30.3 Å². The zero-order valence-electron chi connectivity index (χ0n) is 10.3. The van der Waals surface area contributed by atoms with Crippen LogP contribution in [0.1, 0.15) is 5.56 Å². The molecule has 0 aromatic heterocycles. The van der Waals surface area contributed by atoms with E-state index in [1.165, 1.54) is 4.90 Å². The van der Waals surface area contributed by atoms with Crippen molar-refractivity contribution in [3.05, 3.63) is 35.9 Å². The summed E-state index contributed by atoms with van der Waals surface area (Å²) in [6.07, 6.45) is -1.09. The minimum atomic E-state index is -0.640.